The van der Waals surface area contributed by atoms with Gasteiger partial charge >= 0.3 is 0 Å². The van der Waals surface area contributed by atoms with Gasteiger partial charge in [0.05, 0.1) is 5.56 Å². The summed E-state index contributed by atoms with van der Waals surface area (Å²) in [5.74, 6) is 0.910. The lowest BCUT2D eigenvalue weighted by atomic mass is 10.1. The number of phenolic OH excluding ortho intramolecular Hbond substituents is 1. The number of aromatic nitrogens is 2. The molecule has 1 heterocycles. The number of benzene rings is 2. The molecule has 0 aliphatic rings. The standard InChI is InChI=1S/C15H11BrN2O2/c1-9-4-2-3-5-11(9)14-17-15(20-18-14)12-7-6-10(16)8-13(12)19/h2-8,19H,1H3. The van der Waals surface area contributed by atoms with Crippen molar-refractivity contribution in [2.45, 2.75) is 6.92 Å². The average molecular weight is 331 g/mol. The van der Waals surface area contributed by atoms with Crippen LogP contribution in [0.4, 0.5) is 0 Å². The highest BCUT2D eigenvalue weighted by molar-refractivity contribution is 9.10. The smallest absolute Gasteiger partial charge is 0.261 e. The number of phenols is 1. The Morgan fingerprint density at radius 2 is 1.90 bits per heavy atom. The van der Waals surface area contributed by atoms with Gasteiger partial charge in [-0.15, -0.1) is 0 Å². The van der Waals surface area contributed by atoms with Gasteiger partial charge in [0.25, 0.3) is 5.89 Å². The van der Waals surface area contributed by atoms with Crippen molar-refractivity contribution in [3.05, 3.63) is 52.5 Å². The molecule has 0 aliphatic heterocycles. The first-order valence-electron chi connectivity index (χ1n) is 6.04. The molecule has 3 aromatic rings. The van der Waals surface area contributed by atoms with Gasteiger partial charge in [-0.3, -0.25) is 0 Å². The second-order valence-electron chi connectivity index (χ2n) is 4.40. The second-order valence-corrected chi connectivity index (χ2v) is 5.32. The van der Waals surface area contributed by atoms with Crippen molar-refractivity contribution in [2.75, 3.05) is 0 Å². The lowest BCUT2D eigenvalue weighted by Crippen LogP contribution is -1.85. The molecule has 0 saturated heterocycles. The van der Waals surface area contributed by atoms with E-state index in [1.54, 1.807) is 12.1 Å². The molecule has 2 aromatic carbocycles. The molecule has 0 atom stereocenters. The highest BCUT2D eigenvalue weighted by atomic mass is 79.9. The summed E-state index contributed by atoms with van der Waals surface area (Å²) in [6.45, 7) is 1.99. The van der Waals surface area contributed by atoms with E-state index in [0.717, 1.165) is 15.6 Å². The fraction of sp³-hybridized carbons (Fsp3) is 0.0667. The van der Waals surface area contributed by atoms with Gasteiger partial charge in [0.15, 0.2) is 0 Å². The van der Waals surface area contributed by atoms with E-state index in [0.29, 0.717) is 17.3 Å². The van der Waals surface area contributed by atoms with Crippen molar-refractivity contribution in [2.24, 2.45) is 0 Å². The first-order valence-corrected chi connectivity index (χ1v) is 6.83. The third-order valence-electron chi connectivity index (χ3n) is 3.00. The molecule has 0 fully saturated rings. The fourth-order valence-corrected chi connectivity index (χ4v) is 2.30. The largest absolute Gasteiger partial charge is 0.507 e. The molecule has 4 nitrogen and oxygen atoms in total. The predicted molar refractivity (Wildman–Crippen MR) is 79.3 cm³/mol. The van der Waals surface area contributed by atoms with Crippen molar-refractivity contribution in [3.8, 4) is 28.6 Å². The summed E-state index contributed by atoms with van der Waals surface area (Å²) >= 11 is 3.29. The van der Waals surface area contributed by atoms with Crippen LogP contribution in [0.15, 0.2) is 51.5 Å². The molecule has 0 amide bonds. The minimum Gasteiger partial charge on any atom is -0.507 e. The van der Waals surface area contributed by atoms with E-state index in [1.165, 1.54) is 0 Å². The fourth-order valence-electron chi connectivity index (χ4n) is 1.95. The number of halogens is 1. The minimum atomic E-state index is 0.0966. The molecule has 5 heteroatoms. The van der Waals surface area contributed by atoms with E-state index < -0.39 is 0 Å². The van der Waals surface area contributed by atoms with Crippen LogP contribution in [0, 0.1) is 6.92 Å². The van der Waals surface area contributed by atoms with Gasteiger partial charge in [0.2, 0.25) is 5.82 Å². The molecule has 1 aromatic heterocycles. The Bertz CT molecular complexity index is 768. The number of rotatable bonds is 2. The number of aryl methyl sites for hydroxylation is 1. The van der Waals surface area contributed by atoms with Gasteiger partial charge < -0.3 is 9.63 Å². The van der Waals surface area contributed by atoms with Crippen molar-refractivity contribution >= 4 is 15.9 Å². The second kappa shape index (κ2) is 5.09. The zero-order valence-corrected chi connectivity index (χ0v) is 12.3. The van der Waals surface area contributed by atoms with E-state index in [9.17, 15) is 5.11 Å². The van der Waals surface area contributed by atoms with Gasteiger partial charge in [-0.1, -0.05) is 45.4 Å². The monoisotopic (exact) mass is 330 g/mol. The van der Waals surface area contributed by atoms with Gasteiger partial charge in [0.1, 0.15) is 5.75 Å². The minimum absolute atomic E-state index is 0.0966. The van der Waals surface area contributed by atoms with Crippen molar-refractivity contribution in [1.29, 1.82) is 0 Å². The summed E-state index contributed by atoms with van der Waals surface area (Å²) in [6, 6.07) is 12.9. The molecule has 100 valence electrons. The summed E-state index contributed by atoms with van der Waals surface area (Å²) < 4.78 is 6.03. The Labute approximate surface area is 124 Å². The van der Waals surface area contributed by atoms with Crippen LogP contribution in [0.25, 0.3) is 22.8 Å². The maximum Gasteiger partial charge on any atom is 0.261 e. The summed E-state index contributed by atoms with van der Waals surface area (Å²) in [5.41, 5.74) is 2.50. The van der Waals surface area contributed by atoms with Crippen LogP contribution in [0.3, 0.4) is 0 Å². The maximum atomic E-state index is 9.92. The summed E-state index contributed by atoms with van der Waals surface area (Å²) in [6.07, 6.45) is 0. The molecule has 0 saturated carbocycles. The first-order chi connectivity index (χ1) is 9.65. The van der Waals surface area contributed by atoms with Crippen LogP contribution < -0.4 is 0 Å². The zero-order valence-electron chi connectivity index (χ0n) is 10.7. The number of nitrogens with zero attached hydrogens (tertiary/aromatic N) is 2. The van der Waals surface area contributed by atoms with Crippen molar-refractivity contribution < 1.29 is 9.63 Å². The average Bonchev–Trinajstić information content (AvgIpc) is 2.88. The molecule has 1 N–H and O–H groups in total. The summed E-state index contributed by atoms with van der Waals surface area (Å²) in [5, 5.41) is 13.9. The molecule has 0 radical (unpaired) electrons. The SMILES string of the molecule is Cc1ccccc1-c1noc(-c2ccc(Br)cc2O)n1. The van der Waals surface area contributed by atoms with Crippen molar-refractivity contribution in [1.82, 2.24) is 10.1 Å². The molecule has 0 spiro atoms. The van der Waals surface area contributed by atoms with Gasteiger partial charge in [-0.2, -0.15) is 4.98 Å². The third kappa shape index (κ3) is 2.32. The maximum absolute atomic E-state index is 9.92. The molecule has 0 bridgehead atoms. The Hall–Kier alpha value is -2.14. The Kier molecular flexibility index (Phi) is 3.28. The van der Waals surface area contributed by atoms with Crippen LogP contribution in [0.1, 0.15) is 5.56 Å². The first kappa shape index (κ1) is 12.9. The van der Waals surface area contributed by atoms with Gasteiger partial charge in [0, 0.05) is 10.0 Å². The summed E-state index contributed by atoms with van der Waals surface area (Å²) in [7, 11) is 0. The quantitative estimate of drug-likeness (QED) is 0.765. The number of hydrogen-bond acceptors (Lipinski definition) is 4. The lowest BCUT2D eigenvalue weighted by molar-refractivity contribution is 0.425. The molecule has 20 heavy (non-hydrogen) atoms. The van der Waals surface area contributed by atoms with Gasteiger partial charge in [-0.25, -0.2) is 0 Å². The number of aromatic hydroxyl groups is 1. The predicted octanol–water partition coefficient (Wildman–Crippen LogP) is 4.18. The highest BCUT2D eigenvalue weighted by Gasteiger charge is 2.15. The topological polar surface area (TPSA) is 59.2 Å². The van der Waals surface area contributed by atoms with Crippen LogP contribution >= 0.6 is 15.9 Å². The Balaban J connectivity index is 2.04. The van der Waals surface area contributed by atoms with E-state index in [-0.39, 0.29) is 5.75 Å². The van der Waals surface area contributed by atoms with E-state index >= 15 is 0 Å². The van der Waals surface area contributed by atoms with Crippen LogP contribution in [0.5, 0.6) is 5.75 Å². The van der Waals surface area contributed by atoms with E-state index in [1.807, 2.05) is 37.3 Å². The third-order valence-corrected chi connectivity index (χ3v) is 3.50. The highest BCUT2D eigenvalue weighted by Crippen LogP contribution is 2.32. The normalized spacial score (nSPS) is 10.7. The molecule has 3 rings (SSSR count). The lowest BCUT2D eigenvalue weighted by Gasteiger charge is -1.99. The van der Waals surface area contributed by atoms with Crippen LogP contribution in [-0.4, -0.2) is 15.2 Å². The Morgan fingerprint density at radius 3 is 2.65 bits per heavy atom. The van der Waals surface area contributed by atoms with E-state index in [4.69, 9.17) is 4.52 Å². The Morgan fingerprint density at radius 1 is 1.10 bits per heavy atom. The van der Waals surface area contributed by atoms with Crippen LogP contribution in [-0.2, 0) is 0 Å². The zero-order chi connectivity index (χ0) is 14.1. The molecular weight excluding hydrogens is 320 g/mol. The molecule has 0 unspecified atom stereocenters. The van der Waals surface area contributed by atoms with Gasteiger partial charge in [-0.05, 0) is 30.7 Å². The molecule has 0 aliphatic carbocycles. The number of hydrogen-bond donors (Lipinski definition) is 1. The molecular formula is C15H11BrN2O2. The van der Waals surface area contributed by atoms with Crippen molar-refractivity contribution in [3.63, 3.8) is 0 Å². The van der Waals surface area contributed by atoms with E-state index in [2.05, 4.69) is 26.1 Å². The van der Waals surface area contributed by atoms with Crippen LogP contribution in [0.2, 0.25) is 0 Å². The summed E-state index contributed by atoms with van der Waals surface area (Å²) in [4.78, 5) is 4.35.